The number of hydrogen-bond acceptors (Lipinski definition) is 5. The van der Waals surface area contributed by atoms with Crippen LogP contribution in [-0.2, 0) is 0 Å². The van der Waals surface area contributed by atoms with Crippen LogP contribution < -0.4 is 20.1 Å². The molecule has 0 amide bonds. The smallest absolute Gasteiger partial charge is 0.203 e. The van der Waals surface area contributed by atoms with E-state index in [1.807, 2.05) is 36.4 Å². The van der Waals surface area contributed by atoms with Crippen LogP contribution in [0.5, 0.6) is 17.2 Å². The molecule has 4 aromatic rings. The molecule has 0 saturated heterocycles. The number of para-hydroxylation sites is 1. The maximum atomic E-state index is 5.81. The molecule has 0 spiro atoms. The molecular weight excluding hydrogens is 378 g/mol. The summed E-state index contributed by atoms with van der Waals surface area (Å²) in [6.07, 6.45) is 0. The fourth-order valence-corrected chi connectivity index (χ4v) is 3.60. The molecule has 0 saturated carbocycles. The zero-order valence-electron chi connectivity index (χ0n) is 17.1. The minimum atomic E-state index is 0.520. The molecule has 0 fully saturated rings. The van der Waals surface area contributed by atoms with Gasteiger partial charge in [-0.25, -0.2) is 0 Å². The summed E-state index contributed by atoms with van der Waals surface area (Å²) in [7, 11) is 4.73. The molecule has 1 heterocycles. The molecule has 0 radical (unpaired) electrons. The summed E-state index contributed by atoms with van der Waals surface area (Å²) in [5.74, 6) is 7.41. The minimum Gasteiger partial charge on any atom is -0.493 e. The van der Waals surface area contributed by atoms with E-state index in [9.17, 15) is 0 Å². The van der Waals surface area contributed by atoms with Gasteiger partial charge in [-0.15, -0.1) is 0 Å². The average molecular weight is 401 g/mol. The van der Waals surface area contributed by atoms with Gasteiger partial charge in [0, 0.05) is 27.7 Å². The number of hydrogen-bond donors (Lipinski definition) is 2. The number of hydrazone groups is 1. The SMILES string of the molecule is COc1cc(/C(=N\N)c2cccc(-c3cc4ccccc4[nH]3)c2)cc(OC)c1OC. The third-order valence-corrected chi connectivity index (χ3v) is 5.04. The van der Waals surface area contributed by atoms with E-state index in [-0.39, 0.29) is 0 Å². The third-order valence-electron chi connectivity index (χ3n) is 5.04. The zero-order chi connectivity index (χ0) is 21.1. The highest BCUT2D eigenvalue weighted by Gasteiger charge is 2.17. The number of H-pyrrole nitrogens is 1. The van der Waals surface area contributed by atoms with Crippen molar-refractivity contribution in [1.29, 1.82) is 0 Å². The van der Waals surface area contributed by atoms with Gasteiger partial charge < -0.3 is 25.0 Å². The van der Waals surface area contributed by atoms with Gasteiger partial charge in [0.1, 0.15) is 0 Å². The van der Waals surface area contributed by atoms with E-state index in [4.69, 9.17) is 20.1 Å². The lowest BCUT2D eigenvalue weighted by Crippen LogP contribution is -2.08. The lowest BCUT2D eigenvalue weighted by atomic mass is 9.98. The number of nitrogens with two attached hydrogens (primary N) is 1. The zero-order valence-corrected chi connectivity index (χ0v) is 17.1. The molecule has 3 aromatic carbocycles. The highest BCUT2D eigenvalue weighted by Crippen LogP contribution is 2.39. The van der Waals surface area contributed by atoms with Crippen LogP contribution in [0.2, 0.25) is 0 Å². The fraction of sp³-hybridized carbons (Fsp3) is 0.125. The van der Waals surface area contributed by atoms with Crippen molar-refractivity contribution in [1.82, 2.24) is 4.98 Å². The number of benzene rings is 3. The van der Waals surface area contributed by atoms with Gasteiger partial charge in [-0.3, -0.25) is 0 Å². The molecule has 6 nitrogen and oxygen atoms in total. The van der Waals surface area contributed by atoms with E-state index in [1.165, 1.54) is 0 Å². The fourth-order valence-electron chi connectivity index (χ4n) is 3.60. The van der Waals surface area contributed by atoms with Crippen molar-refractivity contribution < 1.29 is 14.2 Å². The van der Waals surface area contributed by atoms with Gasteiger partial charge in [-0.2, -0.15) is 5.10 Å². The van der Waals surface area contributed by atoms with Crippen LogP contribution in [0.4, 0.5) is 0 Å². The van der Waals surface area contributed by atoms with Gasteiger partial charge in [-0.1, -0.05) is 36.4 Å². The number of aromatic amines is 1. The molecule has 152 valence electrons. The Balaban J connectivity index is 1.79. The Hall–Kier alpha value is -3.93. The summed E-state index contributed by atoms with van der Waals surface area (Å²) in [4.78, 5) is 3.46. The Morgan fingerprint density at radius 3 is 2.17 bits per heavy atom. The van der Waals surface area contributed by atoms with Gasteiger partial charge in [0.2, 0.25) is 5.75 Å². The van der Waals surface area contributed by atoms with Crippen molar-refractivity contribution in [2.75, 3.05) is 21.3 Å². The predicted octanol–water partition coefficient (Wildman–Crippen LogP) is 4.57. The standard InChI is InChI=1S/C24H23N3O3/c1-28-21-13-18(14-22(29-2)24(21)30-3)23(27-25)17-9-6-8-15(11-17)20-12-16-7-4-5-10-19(16)26-20/h4-14,26H,25H2,1-3H3/b27-23-. The summed E-state index contributed by atoms with van der Waals surface area (Å²) in [6.45, 7) is 0. The molecule has 30 heavy (non-hydrogen) atoms. The molecule has 0 unspecified atom stereocenters. The summed E-state index contributed by atoms with van der Waals surface area (Å²) in [5.41, 5.74) is 5.42. The van der Waals surface area contributed by atoms with Crippen LogP contribution in [0.15, 0.2) is 71.8 Å². The van der Waals surface area contributed by atoms with E-state index < -0.39 is 0 Å². The summed E-state index contributed by atoms with van der Waals surface area (Å²) < 4.78 is 16.4. The molecule has 0 aliphatic rings. The molecule has 4 rings (SSSR count). The Morgan fingerprint density at radius 1 is 0.800 bits per heavy atom. The predicted molar refractivity (Wildman–Crippen MR) is 120 cm³/mol. The number of aromatic nitrogens is 1. The third kappa shape index (κ3) is 3.43. The van der Waals surface area contributed by atoms with Crippen LogP contribution in [0.3, 0.4) is 0 Å². The summed E-state index contributed by atoms with van der Waals surface area (Å²) in [5, 5.41) is 5.23. The van der Waals surface area contributed by atoms with E-state index in [0.29, 0.717) is 23.0 Å². The molecule has 0 aliphatic heterocycles. The van der Waals surface area contributed by atoms with Crippen molar-refractivity contribution >= 4 is 16.6 Å². The first kappa shape index (κ1) is 19.4. The van der Waals surface area contributed by atoms with Crippen molar-refractivity contribution in [2.24, 2.45) is 10.9 Å². The topological polar surface area (TPSA) is 81.9 Å². The number of nitrogens with one attached hydrogen (secondary N) is 1. The number of ether oxygens (including phenoxy) is 3. The van der Waals surface area contributed by atoms with Crippen molar-refractivity contribution in [3.8, 4) is 28.5 Å². The van der Waals surface area contributed by atoms with Crippen LogP contribution in [0.25, 0.3) is 22.2 Å². The molecule has 1 aromatic heterocycles. The van der Waals surface area contributed by atoms with Gasteiger partial charge in [0.15, 0.2) is 11.5 Å². The Kier molecular flexibility index (Phi) is 5.30. The van der Waals surface area contributed by atoms with Gasteiger partial charge in [-0.05, 0) is 35.9 Å². The van der Waals surface area contributed by atoms with Crippen LogP contribution in [0.1, 0.15) is 11.1 Å². The summed E-state index contributed by atoms with van der Waals surface area (Å²) in [6, 6.07) is 22.1. The number of methoxy groups -OCH3 is 3. The quantitative estimate of drug-likeness (QED) is 0.282. The van der Waals surface area contributed by atoms with Crippen LogP contribution in [0, 0.1) is 0 Å². The summed E-state index contributed by atoms with van der Waals surface area (Å²) >= 11 is 0. The Bertz CT molecular complexity index is 1170. The van der Waals surface area contributed by atoms with Gasteiger partial charge in [0.05, 0.1) is 27.0 Å². The normalized spacial score (nSPS) is 11.5. The first-order valence-corrected chi connectivity index (χ1v) is 9.45. The first-order chi connectivity index (χ1) is 14.7. The number of rotatable bonds is 6. The van der Waals surface area contributed by atoms with E-state index in [2.05, 4.69) is 40.4 Å². The molecule has 0 bridgehead atoms. The maximum Gasteiger partial charge on any atom is 0.203 e. The van der Waals surface area contributed by atoms with Crippen molar-refractivity contribution in [2.45, 2.75) is 0 Å². The largest absolute Gasteiger partial charge is 0.493 e. The van der Waals surface area contributed by atoms with E-state index >= 15 is 0 Å². The number of nitrogens with zero attached hydrogens (tertiary/aromatic N) is 1. The lowest BCUT2D eigenvalue weighted by Gasteiger charge is -2.15. The highest BCUT2D eigenvalue weighted by atomic mass is 16.5. The van der Waals surface area contributed by atoms with Crippen molar-refractivity contribution in [3.63, 3.8) is 0 Å². The maximum absolute atomic E-state index is 5.81. The second-order valence-electron chi connectivity index (χ2n) is 6.74. The van der Waals surface area contributed by atoms with Crippen LogP contribution in [-0.4, -0.2) is 32.0 Å². The Morgan fingerprint density at radius 2 is 1.53 bits per heavy atom. The van der Waals surface area contributed by atoms with Crippen LogP contribution >= 0.6 is 0 Å². The molecule has 3 N–H and O–H groups in total. The van der Waals surface area contributed by atoms with E-state index in [1.54, 1.807) is 21.3 Å². The molecular formula is C24H23N3O3. The molecule has 6 heteroatoms. The second-order valence-corrected chi connectivity index (χ2v) is 6.74. The lowest BCUT2D eigenvalue weighted by molar-refractivity contribution is 0.324. The number of fused-ring (bicyclic) bond motifs is 1. The Labute approximate surface area is 174 Å². The molecule has 0 aliphatic carbocycles. The monoisotopic (exact) mass is 401 g/mol. The first-order valence-electron chi connectivity index (χ1n) is 9.45. The van der Waals surface area contributed by atoms with Crippen molar-refractivity contribution in [3.05, 3.63) is 77.9 Å². The second kappa shape index (κ2) is 8.21. The highest BCUT2D eigenvalue weighted by molar-refractivity contribution is 6.13. The molecule has 0 atom stereocenters. The minimum absolute atomic E-state index is 0.520. The van der Waals surface area contributed by atoms with Gasteiger partial charge >= 0.3 is 0 Å². The van der Waals surface area contributed by atoms with Gasteiger partial charge in [0.25, 0.3) is 0 Å². The average Bonchev–Trinajstić information content (AvgIpc) is 3.23. The van der Waals surface area contributed by atoms with E-state index in [0.717, 1.165) is 33.3 Å².